The number of aryl methyl sites for hydroxylation is 2. The molecule has 6 nitrogen and oxygen atoms in total. The molecule has 0 saturated carbocycles. The lowest BCUT2D eigenvalue weighted by molar-refractivity contribution is -0.141. The Hall–Kier alpha value is -2.63. The van der Waals surface area contributed by atoms with Gasteiger partial charge in [-0.2, -0.15) is 0 Å². The number of nitrogens with zero attached hydrogens (tertiary/aromatic N) is 1. The van der Waals surface area contributed by atoms with Gasteiger partial charge in [0.25, 0.3) is 5.91 Å². The third kappa shape index (κ3) is 3.72. The molecule has 0 aliphatic rings. The van der Waals surface area contributed by atoms with E-state index < -0.39 is 11.9 Å². The topological polar surface area (TPSA) is 92.4 Å². The summed E-state index contributed by atoms with van der Waals surface area (Å²) in [5, 5.41) is 15.7. The Bertz CT molecular complexity index is 645. The summed E-state index contributed by atoms with van der Waals surface area (Å²) in [7, 11) is 0. The van der Waals surface area contributed by atoms with Gasteiger partial charge in [-0.25, -0.2) is 0 Å². The molecule has 22 heavy (non-hydrogen) atoms. The minimum atomic E-state index is -0.942. The highest BCUT2D eigenvalue weighted by Gasteiger charge is 2.22. The fraction of sp³-hybridized carbons (Fsp3) is 0.312. The monoisotopic (exact) mass is 302 g/mol. The van der Waals surface area contributed by atoms with E-state index in [1.54, 1.807) is 13.8 Å². The molecule has 1 amide bonds. The number of carboxylic acid groups (broad SMARTS) is 1. The van der Waals surface area contributed by atoms with Gasteiger partial charge in [0.15, 0.2) is 0 Å². The van der Waals surface area contributed by atoms with E-state index in [2.05, 4.69) is 10.5 Å². The molecule has 2 N–H and O–H groups in total. The number of carbonyl (C=O) groups is 2. The number of nitrogens with one attached hydrogen (secondary N) is 1. The van der Waals surface area contributed by atoms with Crippen LogP contribution in [0.15, 0.2) is 34.9 Å². The average Bonchev–Trinajstić information content (AvgIpc) is 2.83. The van der Waals surface area contributed by atoms with Crippen molar-refractivity contribution in [3.05, 3.63) is 52.9 Å². The fourth-order valence-electron chi connectivity index (χ4n) is 2.26. The van der Waals surface area contributed by atoms with Crippen molar-refractivity contribution >= 4 is 11.9 Å². The first kappa shape index (κ1) is 15.8. The highest BCUT2D eigenvalue weighted by atomic mass is 16.5. The molecule has 0 radical (unpaired) electrons. The highest BCUT2D eigenvalue weighted by Crippen LogP contribution is 2.13. The van der Waals surface area contributed by atoms with E-state index in [-0.39, 0.29) is 12.5 Å². The van der Waals surface area contributed by atoms with E-state index in [1.165, 1.54) is 0 Å². The Morgan fingerprint density at radius 2 is 1.95 bits per heavy atom. The lowest BCUT2D eigenvalue weighted by atomic mass is 9.99. The molecule has 0 bridgehead atoms. The van der Waals surface area contributed by atoms with Gasteiger partial charge < -0.3 is 14.9 Å². The number of hydrogen-bond donors (Lipinski definition) is 2. The second-order valence-corrected chi connectivity index (χ2v) is 5.13. The van der Waals surface area contributed by atoms with E-state index in [0.29, 0.717) is 23.4 Å². The quantitative estimate of drug-likeness (QED) is 0.851. The van der Waals surface area contributed by atoms with Gasteiger partial charge in [-0.15, -0.1) is 0 Å². The lowest BCUT2D eigenvalue weighted by Gasteiger charge is -2.13. The number of aliphatic carboxylic acids is 1. The summed E-state index contributed by atoms with van der Waals surface area (Å²) in [6.45, 7) is 3.37. The van der Waals surface area contributed by atoms with Crippen molar-refractivity contribution in [1.29, 1.82) is 0 Å². The average molecular weight is 302 g/mol. The fourth-order valence-corrected chi connectivity index (χ4v) is 2.26. The van der Waals surface area contributed by atoms with Crippen LogP contribution in [0.5, 0.6) is 0 Å². The number of benzene rings is 1. The number of amides is 1. The molecular weight excluding hydrogens is 284 g/mol. The summed E-state index contributed by atoms with van der Waals surface area (Å²) in [6.07, 6.45) is 0.359. The molecule has 116 valence electrons. The molecule has 1 aromatic heterocycles. The van der Waals surface area contributed by atoms with Crippen LogP contribution in [0.4, 0.5) is 0 Å². The molecule has 1 unspecified atom stereocenters. The van der Waals surface area contributed by atoms with E-state index in [4.69, 9.17) is 4.52 Å². The number of carboxylic acids is 1. The number of rotatable bonds is 6. The number of aromatic nitrogens is 1. The molecule has 1 atom stereocenters. The molecule has 2 rings (SSSR count). The first-order valence-corrected chi connectivity index (χ1v) is 6.97. The number of carbonyl (C=O) groups excluding carboxylic acids is 1. The molecular formula is C16H18N2O4. The van der Waals surface area contributed by atoms with Crippen LogP contribution in [0, 0.1) is 19.8 Å². The van der Waals surface area contributed by atoms with Crippen molar-refractivity contribution in [2.75, 3.05) is 6.54 Å². The van der Waals surface area contributed by atoms with Crippen LogP contribution in [-0.2, 0) is 11.2 Å². The summed E-state index contributed by atoms with van der Waals surface area (Å²) in [4.78, 5) is 23.5. The van der Waals surface area contributed by atoms with E-state index in [0.717, 1.165) is 5.56 Å². The van der Waals surface area contributed by atoms with E-state index in [9.17, 15) is 14.7 Å². The van der Waals surface area contributed by atoms with Gasteiger partial charge in [0.05, 0.1) is 11.6 Å². The summed E-state index contributed by atoms with van der Waals surface area (Å²) >= 11 is 0. The smallest absolute Gasteiger partial charge is 0.308 e. The molecule has 1 heterocycles. The Morgan fingerprint density at radius 1 is 1.27 bits per heavy atom. The summed E-state index contributed by atoms with van der Waals surface area (Å²) < 4.78 is 4.94. The van der Waals surface area contributed by atoms with Crippen LogP contribution in [0.1, 0.15) is 27.4 Å². The minimum absolute atomic E-state index is 0.0487. The van der Waals surface area contributed by atoms with Gasteiger partial charge in [0, 0.05) is 6.54 Å². The largest absolute Gasteiger partial charge is 0.481 e. The first-order chi connectivity index (χ1) is 10.5. The van der Waals surface area contributed by atoms with Gasteiger partial charge in [-0.05, 0) is 25.8 Å². The van der Waals surface area contributed by atoms with Crippen LogP contribution >= 0.6 is 0 Å². The van der Waals surface area contributed by atoms with Gasteiger partial charge in [-0.1, -0.05) is 35.5 Å². The van der Waals surface area contributed by atoms with Crippen LogP contribution in [0.3, 0.4) is 0 Å². The standard InChI is InChI=1S/C16H18N2O4/c1-10-14(11(2)22-18-10)15(19)17-9-13(16(20)21)8-12-6-4-3-5-7-12/h3-7,13H,8-9H2,1-2H3,(H,17,19)(H,20,21). The summed E-state index contributed by atoms with van der Waals surface area (Å²) in [5.41, 5.74) is 1.77. The Morgan fingerprint density at radius 3 is 2.50 bits per heavy atom. The second kappa shape index (κ2) is 6.89. The van der Waals surface area contributed by atoms with E-state index in [1.807, 2.05) is 30.3 Å². The maximum Gasteiger partial charge on any atom is 0.308 e. The molecule has 0 fully saturated rings. The van der Waals surface area contributed by atoms with Crippen molar-refractivity contribution in [2.45, 2.75) is 20.3 Å². The van der Waals surface area contributed by atoms with Crippen LogP contribution in [0.25, 0.3) is 0 Å². The first-order valence-electron chi connectivity index (χ1n) is 6.97. The normalized spacial score (nSPS) is 11.9. The Kier molecular flexibility index (Phi) is 4.93. The lowest BCUT2D eigenvalue weighted by Crippen LogP contribution is -2.34. The second-order valence-electron chi connectivity index (χ2n) is 5.13. The molecule has 0 spiro atoms. The van der Waals surface area contributed by atoms with Gasteiger partial charge in [-0.3, -0.25) is 9.59 Å². The van der Waals surface area contributed by atoms with E-state index >= 15 is 0 Å². The van der Waals surface area contributed by atoms with Crippen molar-refractivity contribution in [1.82, 2.24) is 10.5 Å². The van der Waals surface area contributed by atoms with Gasteiger partial charge in [0.2, 0.25) is 0 Å². The van der Waals surface area contributed by atoms with Crippen molar-refractivity contribution in [3.8, 4) is 0 Å². The third-order valence-electron chi connectivity index (χ3n) is 3.44. The Labute approximate surface area is 128 Å². The molecule has 0 aliphatic carbocycles. The highest BCUT2D eigenvalue weighted by molar-refractivity contribution is 5.96. The summed E-state index contributed by atoms with van der Waals surface area (Å²) in [6, 6.07) is 9.32. The zero-order valence-electron chi connectivity index (χ0n) is 12.5. The molecule has 2 aromatic rings. The molecule has 0 saturated heterocycles. The predicted molar refractivity (Wildman–Crippen MR) is 79.6 cm³/mol. The summed E-state index contributed by atoms with van der Waals surface area (Å²) in [5.74, 6) is -1.57. The zero-order valence-corrected chi connectivity index (χ0v) is 12.5. The zero-order chi connectivity index (χ0) is 16.1. The third-order valence-corrected chi connectivity index (χ3v) is 3.44. The molecule has 1 aromatic carbocycles. The van der Waals surface area contributed by atoms with Crippen molar-refractivity contribution < 1.29 is 19.2 Å². The van der Waals surface area contributed by atoms with Gasteiger partial charge in [0.1, 0.15) is 11.3 Å². The number of hydrogen-bond acceptors (Lipinski definition) is 4. The molecule has 6 heteroatoms. The van der Waals surface area contributed by atoms with Crippen LogP contribution in [0.2, 0.25) is 0 Å². The van der Waals surface area contributed by atoms with Crippen molar-refractivity contribution in [3.63, 3.8) is 0 Å². The predicted octanol–water partition coefficient (Wildman–Crippen LogP) is 1.96. The SMILES string of the molecule is Cc1noc(C)c1C(=O)NCC(Cc1ccccc1)C(=O)O. The minimum Gasteiger partial charge on any atom is -0.481 e. The maximum absolute atomic E-state index is 12.1. The van der Waals surface area contributed by atoms with Crippen molar-refractivity contribution in [2.24, 2.45) is 5.92 Å². The van der Waals surface area contributed by atoms with Crippen LogP contribution < -0.4 is 5.32 Å². The van der Waals surface area contributed by atoms with Crippen LogP contribution in [-0.4, -0.2) is 28.7 Å². The molecule has 0 aliphatic heterocycles. The maximum atomic E-state index is 12.1. The van der Waals surface area contributed by atoms with Gasteiger partial charge >= 0.3 is 5.97 Å². The Balaban J connectivity index is 2.00.